The lowest BCUT2D eigenvalue weighted by atomic mass is 10.0. The predicted octanol–water partition coefficient (Wildman–Crippen LogP) is 12.5. The van der Waals surface area contributed by atoms with E-state index in [-0.39, 0.29) is 0 Å². The first-order valence-corrected chi connectivity index (χ1v) is 19.7. The summed E-state index contributed by atoms with van der Waals surface area (Å²) in [6, 6.07) is 71.0. The first-order valence-electron chi connectivity index (χ1n) is 19.7. The van der Waals surface area contributed by atoms with Crippen LogP contribution >= 0.6 is 0 Å². The van der Waals surface area contributed by atoms with E-state index in [1.54, 1.807) is 0 Å². The third kappa shape index (κ3) is 7.71. The fourth-order valence-electron chi connectivity index (χ4n) is 7.13. The first kappa shape index (κ1) is 36.1. The minimum atomic E-state index is 0.530. The topological polar surface area (TPSA) is 90.2 Å². The molecule has 0 unspecified atom stereocenters. The van der Waals surface area contributed by atoms with E-state index < -0.39 is 0 Å². The Labute approximate surface area is 347 Å². The van der Waals surface area contributed by atoms with Gasteiger partial charge in [-0.25, -0.2) is 34.9 Å². The second-order valence-electron chi connectivity index (χ2n) is 14.2. The van der Waals surface area contributed by atoms with Crippen LogP contribution in [0.2, 0.25) is 0 Å². The summed E-state index contributed by atoms with van der Waals surface area (Å²) in [6.45, 7) is 0. The number of rotatable bonds is 9. The van der Waals surface area contributed by atoms with Crippen molar-refractivity contribution in [2.75, 3.05) is 0 Å². The Morgan fingerprint density at radius 3 is 0.667 bits per heavy atom. The zero-order valence-corrected chi connectivity index (χ0v) is 32.3. The van der Waals surface area contributed by atoms with Crippen LogP contribution in [0.4, 0.5) is 0 Å². The molecule has 60 heavy (non-hydrogen) atoms. The van der Waals surface area contributed by atoms with E-state index in [0.29, 0.717) is 29.1 Å². The van der Waals surface area contributed by atoms with E-state index in [9.17, 15) is 0 Å². The van der Waals surface area contributed by atoms with E-state index in [1.807, 2.05) is 152 Å². The second-order valence-corrected chi connectivity index (χ2v) is 14.2. The molecule has 7 aromatic carbocycles. The van der Waals surface area contributed by atoms with Crippen LogP contribution < -0.4 is 0 Å². The maximum Gasteiger partial charge on any atom is 0.164 e. The van der Waals surface area contributed by atoms with Crippen LogP contribution in [0.1, 0.15) is 0 Å². The number of hydrogen-bond donors (Lipinski definition) is 0. The van der Waals surface area contributed by atoms with Crippen LogP contribution in [0, 0.1) is 0 Å². The molecule has 0 N–H and O–H groups in total. The van der Waals surface area contributed by atoms with Gasteiger partial charge in [0, 0.05) is 50.1 Å². The van der Waals surface area contributed by atoms with Gasteiger partial charge in [0.15, 0.2) is 29.1 Å². The third-order valence-corrected chi connectivity index (χ3v) is 10.2. The molecule has 0 aliphatic carbocycles. The summed E-state index contributed by atoms with van der Waals surface area (Å²) in [6.07, 6.45) is 0. The molecule has 7 nitrogen and oxygen atoms in total. The van der Waals surface area contributed by atoms with Crippen LogP contribution in [0.3, 0.4) is 0 Å². The van der Waals surface area contributed by atoms with Crippen molar-refractivity contribution in [3.63, 3.8) is 0 Å². The molecule has 0 aliphatic rings. The van der Waals surface area contributed by atoms with Gasteiger partial charge in [-0.15, -0.1) is 0 Å². The van der Waals surface area contributed by atoms with Crippen molar-refractivity contribution >= 4 is 0 Å². The highest BCUT2D eigenvalue weighted by Gasteiger charge is 2.17. The monoisotopic (exact) mass is 769 g/mol. The molecule has 0 atom stereocenters. The van der Waals surface area contributed by atoms with E-state index in [2.05, 4.69) is 60.7 Å². The molecule has 3 heterocycles. The summed E-state index contributed by atoms with van der Waals surface area (Å²) in [5.74, 6) is 2.84. The molecule has 3 aromatic heterocycles. The summed E-state index contributed by atoms with van der Waals surface area (Å²) in [5, 5.41) is 0. The Balaban J connectivity index is 1.09. The van der Waals surface area contributed by atoms with Gasteiger partial charge in [-0.2, -0.15) is 0 Å². The van der Waals surface area contributed by atoms with Crippen molar-refractivity contribution in [3.8, 4) is 102 Å². The predicted molar refractivity (Wildman–Crippen MR) is 240 cm³/mol. The Morgan fingerprint density at radius 1 is 0.167 bits per heavy atom. The highest BCUT2D eigenvalue weighted by Crippen LogP contribution is 2.33. The zero-order chi connectivity index (χ0) is 40.1. The summed E-state index contributed by atoms with van der Waals surface area (Å²) in [5.41, 5.74) is 11.6. The average Bonchev–Trinajstić information content (AvgIpc) is 3.35. The Morgan fingerprint density at radius 2 is 0.383 bits per heavy atom. The fourth-order valence-corrected chi connectivity index (χ4v) is 7.13. The van der Waals surface area contributed by atoms with Gasteiger partial charge < -0.3 is 0 Å². The second kappa shape index (κ2) is 16.3. The molecular formula is C53H35N7. The van der Waals surface area contributed by atoms with Crippen molar-refractivity contribution in [2.24, 2.45) is 0 Å². The Bertz CT molecular complexity index is 2770. The van der Waals surface area contributed by atoms with Crippen LogP contribution in [-0.4, -0.2) is 34.9 Å². The summed E-state index contributed by atoms with van der Waals surface area (Å²) < 4.78 is 0. The molecule has 7 heteroatoms. The number of hydrogen-bond acceptors (Lipinski definition) is 7. The van der Waals surface area contributed by atoms with Crippen molar-refractivity contribution in [1.82, 2.24) is 34.9 Å². The Kier molecular flexibility index (Phi) is 9.79. The van der Waals surface area contributed by atoms with E-state index in [4.69, 9.17) is 34.9 Å². The van der Waals surface area contributed by atoms with Crippen molar-refractivity contribution in [1.29, 1.82) is 0 Å². The lowest BCUT2D eigenvalue weighted by Crippen LogP contribution is -2.01. The molecule has 0 aliphatic heterocycles. The molecule has 0 amide bonds. The summed E-state index contributed by atoms with van der Waals surface area (Å²) in [4.78, 5) is 35.5. The normalized spacial score (nSPS) is 11.0. The molecule has 0 fully saturated rings. The van der Waals surface area contributed by atoms with Gasteiger partial charge in [0.2, 0.25) is 0 Å². The van der Waals surface area contributed by atoms with Crippen LogP contribution in [0.5, 0.6) is 0 Å². The lowest BCUT2D eigenvalue weighted by Gasteiger charge is -2.12. The molecule has 10 aromatic rings. The van der Waals surface area contributed by atoms with Crippen LogP contribution in [0.15, 0.2) is 212 Å². The highest BCUT2D eigenvalue weighted by atomic mass is 15.0. The molecule has 10 rings (SSSR count). The molecule has 0 saturated heterocycles. The quantitative estimate of drug-likeness (QED) is 0.144. The number of aromatic nitrogens is 7. The maximum atomic E-state index is 5.13. The molecule has 0 bridgehead atoms. The van der Waals surface area contributed by atoms with E-state index in [0.717, 1.165) is 72.8 Å². The van der Waals surface area contributed by atoms with Gasteiger partial charge >= 0.3 is 0 Å². The average molecular weight is 770 g/mol. The lowest BCUT2D eigenvalue weighted by molar-refractivity contribution is 1.07. The minimum absolute atomic E-state index is 0.530. The first-order chi connectivity index (χ1) is 29.7. The summed E-state index contributed by atoms with van der Waals surface area (Å²) >= 11 is 0. The van der Waals surface area contributed by atoms with Crippen molar-refractivity contribution in [3.05, 3.63) is 212 Å². The largest absolute Gasteiger partial charge is 0.228 e. The van der Waals surface area contributed by atoms with Gasteiger partial charge in [-0.1, -0.05) is 188 Å². The van der Waals surface area contributed by atoms with Gasteiger partial charge in [0.25, 0.3) is 0 Å². The molecule has 0 saturated carbocycles. The Hall–Kier alpha value is -8.29. The zero-order valence-electron chi connectivity index (χ0n) is 32.3. The van der Waals surface area contributed by atoms with Gasteiger partial charge in [-0.3, -0.25) is 0 Å². The molecular weight excluding hydrogens is 735 g/mol. The van der Waals surface area contributed by atoms with Gasteiger partial charge in [-0.05, 0) is 24.3 Å². The van der Waals surface area contributed by atoms with Gasteiger partial charge in [0.05, 0.1) is 22.8 Å². The van der Waals surface area contributed by atoms with E-state index in [1.165, 1.54) is 0 Å². The van der Waals surface area contributed by atoms with Gasteiger partial charge in [0.1, 0.15) is 0 Å². The molecule has 0 spiro atoms. The van der Waals surface area contributed by atoms with Crippen LogP contribution in [0.25, 0.3) is 102 Å². The summed E-state index contributed by atoms with van der Waals surface area (Å²) in [7, 11) is 0. The standard InChI is InChI=1S/C53H35N7/c1-6-18-36(19-7-1)45-34-46(37-20-8-2-9-21-37)55-50(54-45)41-28-16-30-43(32-41)52-58-49(40-26-14-5-15-27-40)59-53(60-52)44-31-17-29-42(33-44)51-56-47(38-22-10-3-11-23-38)35-48(57-51)39-24-12-4-13-25-39/h1-35H. The molecule has 0 radical (unpaired) electrons. The third-order valence-electron chi connectivity index (χ3n) is 10.2. The SMILES string of the molecule is c1ccc(-c2cc(-c3ccccc3)nc(-c3cccc(-c4nc(-c5ccccc5)nc(-c5cccc(-c6nc(-c7ccccc7)cc(-c7ccccc7)n6)c5)n4)c3)n2)cc1. The smallest absolute Gasteiger partial charge is 0.164 e. The van der Waals surface area contributed by atoms with Crippen molar-refractivity contribution in [2.45, 2.75) is 0 Å². The number of benzene rings is 7. The fraction of sp³-hybridized carbons (Fsp3) is 0. The maximum absolute atomic E-state index is 5.13. The molecule has 282 valence electrons. The van der Waals surface area contributed by atoms with E-state index >= 15 is 0 Å². The minimum Gasteiger partial charge on any atom is -0.228 e. The highest BCUT2D eigenvalue weighted by molar-refractivity contribution is 5.77. The van der Waals surface area contributed by atoms with Crippen molar-refractivity contribution < 1.29 is 0 Å². The van der Waals surface area contributed by atoms with Crippen LogP contribution in [-0.2, 0) is 0 Å². The number of nitrogens with zero attached hydrogens (tertiary/aromatic N) is 7.